The van der Waals surface area contributed by atoms with E-state index in [1.807, 2.05) is 51.2 Å². The highest BCUT2D eigenvalue weighted by atomic mass is 79.9. The summed E-state index contributed by atoms with van der Waals surface area (Å²) in [5, 5.41) is 4.06. The zero-order valence-electron chi connectivity index (χ0n) is 16.2. The first kappa shape index (κ1) is 20.2. The minimum atomic E-state index is -0.565. The van der Waals surface area contributed by atoms with Crippen molar-refractivity contribution < 1.29 is 14.3 Å². The third kappa shape index (κ3) is 5.73. The number of aromatic amines is 1. The average molecular weight is 446 g/mol. The third-order valence-electron chi connectivity index (χ3n) is 3.99. The molecule has 0 saturated heterocycles. The first-order chi connectivity index (χ1) is 13.3. The molecule has 6 nitrogen and oxygen atoms in total. The Morgan fingerprint density at radius 1 is 1.29 bits per heavy atom. The van der Waals surface area contributed by atoms with Crippen molar-refractivity contribution in [2.45, 2.75) is 38.8 Å². The molecular formula is C21H24BrN3O3. The van der Waals surface area contributed by atoms with Gasteiger partial charge in [0.05, 0.1) is 12.2 Å². The van der Waals surface area contributed by atoms with Crippen molar-refractivity contribution in [3.8, 4) is 5.75 Å². The van der Waals surface area contributed by atoms with Crippen molar-refractivity contribution in [1.29, 1.82) is 0 Å². The summed E-state index contributed by atoms with van der Waals surface area (Å²) < 4.78 is 12.1. The van der Waals surface area contributed by atoms with Crippen LogP contribution in [0.3, 0.4) is 0 Å². The van der Waals surface area contributed by atoms with Gasteiger partial charge in [-0.25, -0.2) is 4.79 Å². The number of nitrogens with one attached hydrogen (secondary N) is 2. The van der Waals surface area contributed by atoms with E-state index in [2.05, 4.69) is 37.3 Å². The molecule has 1 amide bonds. The summed E-state index contributed by atoms with van der Waals surface area (Å²) in [7, 11) is 0. The van der Waals surface area contributed by atoms with Crippen LogP contribution >= 0.6 is 15.9 Å². The smallest absolute Gasteiger partial charge is 0.408 e. The van der Waals surface area contributed by atoms with E-state index in [0.717, 1.165) is 20.9 Å². The number of aromatic nitrogens is 2. The normalized spacial score (nSPS) is 12.6. The Kier molecular flexibility index (Phi) is 6.24. The second-order valence-electron chi connectivity index (χ2n) is 7.56. The highest BCUT2D eigenvalue weighted by Gasteiger charge is 2.21. The van der Waals surface area contributed by atoms with Gasteiger partial charge in [-0.05, 0) is 60.8 Å². The molecule has 0 radical (unpaired) electrons. The van der Waals surface area contributed by atoms with Crippen LogP contribution in [0.4, 0.5) is 4.79 Å². The number of para-hydroxylation sites is 1. The molecule has 0 aliphatic rings. The summed E-state index contributed by atoms with van der Waals surface area (Å²) in [6, 6.07) is 9.64. The fraction of sp³-hybridized carbons (Fsp3) is 0.333. The summed E-state index contributed by atoms with van der Waals surface area (Å²) in [5.74, 6) is 0.629. The van der Waals surface area contributed by atoms with Crippen LogP contribution in [0.2, 0.25) is 0 Å². The molecular weight excluding hydrogens is 422 g/mol. The van der Waals surface area contributed by atoms with Crippen LogP contribution in [0.25, 0.3) is 10.9 Å². The molecule has 28 heavy (non-hydrogen) atoms. The number of nitrogens with zero attached hydrogens (tertiary/aromatic N) is 1. The molecule has 1 atom stereocenters. The van der Waals surface area contributed by atoms with Gasteiger partial charge in [0.1, 0.15) is 18.0 Å². The van der Waals surface area contributed by atoms with Crippen LogP contribution in [-0.2, 0) is 11.2 Å². The van der Waals surface area contributed by atoms with Gasteiger partial charge in [-0.15, -0.1) is 0 Å². The molecule has 2 N–H and O–H groups in total. The largest absolute Gasteiger partial charge is 0.490 e. The Balaban J connectivity index is 1.74. The van der Waals surface area contributed by atoms with Gasteiger partial charge in [0.25, 0.3) is 0 Å². The molecule has 3 rings (SSSR count). The summed E-state index contributed by atoms with van der Waals surface area (Å²) >= 11 is 3.38. The second-order valence-corrected chi connectivity index (χ2v) is 8.47. The summed E-state index contributed by atoms with van der Waals surface area (Å²) in [5.41, 5.74) is 1.60. The average Bonchev–Trinajstić information content (AvgIpc) is 3.01. The van der Waals surface area contributed by atoms with Crippen molar-refractivity contribution in [2.24, 2.45) is 0 Å². The van der Waals surface area contributed by atoms with Crippen LogP contribution in [0.15, 0.2) is 53.4 Å². The molecule has 1 unspecified atom stereocenters. The van der Waals surface area contributed by atoms with E-state index in [-0.39, 0.29) is 12.6 Å². The number of carbonyl (C=O) groups is 1. The van der Waals surface area contributed by atoms with E-state index < -0.39 is 11.7 Å². The quantitative estimate of drug-likeness (QED) is 0.568. The lowest BCUT2D eigenvalue weighted by Crippen LogP contribution is -2.43. The number of halogens is 1. The minimum absolute atomic E-state index is 0.270. The van der Waals surface area contributed by atoms with E-state index in [9.17, 15) is 4.79 Å². The summed E-state index contributed by atoms with van der Waals surface area (Å²) in [6.45, 7) is 5.80. The number of carbonyl (C=O) groups excluding carboxylic acids is 1. The van der Waals surface area contributed by atoms with Gasteiger partial charge in [0, 0.05) is 27.8 Å². The second kappa shape index (κ2) is 8.65. The Labute approximate surface area is 172 Å². The number of hydrogen-bond donors (Lipinski definition) is 2. The molecule has 1 aromatic carbocycles. The highest BCUT2D eigenvalue weighted by molar-refractivity contribution is 9.10. The SMILES string of the molecule is CC(C)(C)OC(=O)NC(COc1cncc(Br)c1)Cc1c[nH]c2ccccc12. The van der Waals surface area contributed by atoms with Crippen LogP contribution in [-0.4, -0.2) is 34.3 Å². The number of benzene rings is 1. The molecule has 0 aliphatic carbocycles. The lowest BCUT2D eigenvalue weighted by Gasteiger charge is -2.24. The van der Waals surface area contributed by atoms with Gasteiger partial charge in [-0.3, -0.25) is 4.98 Å². The lowest BCUT2D eigenvalue weighted by molar-refractivity contribution is 0.0488. The van der Waals surface area contributed by atoms with Crippen molar-refractivity contribution in [1.82, 2.24) is 15.3 Å². The Hall–Kier alpha value is -2.54. The molecule has 7 heteroatoms. The number of amides is 1. The number of pyridine rings is 1. The van der Waals surface area contributed by atoms with E-state index in [1.165, 1.54) is 0 Å². The minimum Gasteiger partial charge on any atom is -0.490 e. The molecule has 148 valence electrons. The van der Waals surface area contributed by atoms with Gasteiger partial charge in [-0.2, -0.15) is 0 Å². The van der Waals surface area contributed by atoms with Crippen molar-refractivity contribution >= 4 is 32.9 Å². The number of alkyl carbamates (subject to hydrolysis) is 1. The summed E-state index contributed by atoms with van der Waals surface area (Å²) in [4.78, 5) is 19.7. The van der Waals surface area contributed by atoms with Crippen molar-refractivity contribution in [2.75, 3.05) is 6.61 Å². The molecule has 0 saturated carbocycles. The maximum Gasteiger partial charge on any atom is 0.408 e. The molecule has 2 heterocycles. The molecule has 0 fully saturated rings. The van der Waals surface area contributed by atoms with Crippen LogP contribution in [0.5, 0.6) is 5.75 Å². The Bertz CT molecular complexity index is 949. The number of hydrogen-bond acceptors (Lipinski definition) is 4. The van der Waals surface area contributed by atoms with Crippen molar-refractivity contribution in [3.63, 3.8) is 0 Å². The van der Waals surface area contributed by atoms with Crippen LogP contribution < -0.4 is 10.1 Å². The molecule has 0 bridgehead atoms. The molecule has 0 spiro atoms. The van der Waals surface area contributed by atoms with Crippen LogP contribution in [0.1, 0.15) is 26.3 Å². The van der Waals surface area contributed by atoms with Crippen molar-refractivity contribution in [3.05, 3.63) is 59.0 Å². The predicted molar refractivity (Wildman–Crippen MR) is 113 cm³/mol. The van der Waals surface area contributed by atoms with Gasteiger partial charge in [0.15, 0.2) is 0 Å². The zero-order chi connectivity index (χ0) is 20.1. The maximum atomic E-state index is 12.3. The van der Waals surface area contributed by atoms with Gasteiger partial charge >= 0.3 is 6.09 Å². The number of ether oxygens (including phenoxy) is 2. The molecule has 2 aromatic heterocycles. The van der Waals surface area contributed by atoms with E-state index in [1.54, 1.807) is 12.4 Å². The first-order valence-corrected chi connectivity index (χ1v) is 9.87. The maximum absolute atomic E-state index is 12.3. The van der Waals surface area contributed by atoms with Gasteiger partial charge < -0.3 is 19.8 Å². The highest BCUT2D eigenvalue weighted by Crippen LogP contribution is 2.20. The Morgan fingerprint density at radius 3 is 2.82 bits per heavy atom. The fourth-order valence-electron chi connectivity index (χ4n) is 2.86. The third-order valence-corrected chi connectivity index (χ3v) is 4.43. The lowest BCUT2D eigenvalue weighted by atomic mass is 10.1. The fourth-order valence-corrected chi connectivity index (χ4v) is 3.20. The molecule has 3 aromatic rings. The molecule has 0 aliphatic heterocycles. The number of H-pyrrole nitrogens is 1. The Morgan fingerprint density at radius 2 is 2.07 bits per heavy atom. The zero-order valence-corrected chi connectivity index (χ0v) is 17.7. The van der Waals surface area contributed by atoms with Gasteiger partial charge in [0.2, 0.25) is 0 Å². The van der Waals surface area contributed by atoms with Crippen LogP contribution in [0, 0.1) is 0 Å². The van der Waals surface area contributed by atoms with E-state index >= 15 is 0 Å². The summed E-state index contributed by atoms with van der Waals surface area (Å²) in [6.07, 6.45) is 5.43. The number of fused-ring (bicyclic) bond motifs is 1. The predicted octanol–water partition coefficient (Wildman–Crippen LogP) is 4.84. The van der Waals surface area contributed by atoms with E-state index in [4.69, 9.17) is 9.47 Å². The monoisotopic (exact) mass is 445 g/mol. The first-order valence-electron chi connectivity index (χ1n) is 9.08. The number of rotatable bonds is 6. The topological polar surface area (TPSA) is 76.2 Å². The standard InChI is InChI=1S/C21H24BrN3O3/c1-21(2,3)28-20(26)25-16(13-27-17-9-15(22)11-23-12-17)8-14-10-24-19-7-5-4-6-18(14)19/h4-7,9-12,16,24H,8,13H2,1-3H3,(H,25,26). The van der Waals surface area contributed by atoms with E-state index in [0.29, 0.717) is 12.2 Å². The van der Waals surface area contributed by atoms with Gasteiger partial charge in [-0.1, -0.05) is 18.2 Å².